The fourth-order valence-electron chi connectivity index (χ4n) is 3.15. The van der Waals surface area contributed by atoms with Gasteiger partial charge in [-0.25, -0.2) is 0 Å². The molecule has 152 valence electrons. The maximum absolute atomic E-state index is 12.8. The van der Waals surface area contributed by atoms with Crippen molar-refractivity contribution in [1.82, 2.24) is 9.03 Å². The number of rotatable bonds is 8. The van der Waals surface area contributed by atoms with Crippen LogP contribution in [0.2, 0.25) is 0 Å². The van der Waals surface area contributed by atoms with E-state index in [1.54, 1.807) is 39.2 Å². The molecule has 1 aliphatic heterocycles. The summed E-state index contributed by atoms with van der Waals surface area (Å²) in [5.74, 6) is 0.392. The van der Waals surface area contributed by atoms with Crippen LogP contribution in [0.4, 0.5) is 0 Å². The van der Waals surface area contributed by atoms with E-state index in [-0.39, 0.29) is 19.1 Å². The van der Waals surface area contributed by atoms with Crippen molar-refractivity contribution in [1.29, 1.82) is 0 Å². The molecule has 9 heteroatoms. The number of ether oxygens (including phenoxy) is 3. The van der Waals surface area contributed by atoms with Crippen molar-refractivity contribution in [2.45, 2.75) is 32.7 Å². The smallest absolute Gasteiger partial charge is 0.310 e. The molecule has 8 nitrogen and oxygen atoms in total. The highest BCUT2D eigenvalue weighted by molar-refractivity contribution is 7.87. The van der Waals surface area contributed by atoms with Crippen molar-refractivity contribution in [2.75, 3.05) is 33.9 Å². The van der Waals surface area contributed by atoms with E-state index in [9.17, 15) is 13.2 Å². The number of carbonyl (C=O) groups is 1. The number of hydrogen-bond acceptors (Lipinski definition) is 6. The van der Waals surface area contributed by atoms with Gasteiger partial charge in [-0.1, -0.05) is 0 Å². The number of nitrogens with one attached hydrogen (secondary N) is 1. The molecule has 0 unspecified atom stereocenters. The highest BCUT2D eigenvalue weighted by atomic mass is 32.2. The fraction of sp³-hybridized carbons (Fsp3) is 0.611. The molecule has 1 aliphatic rings. The standard InChI is InChI=1S/C18H28N2O6S/c1-5-26-18(21)14-7-6-10-20(12-14)27(22,23)19-13(2)16-11-15(24-3)8-9-17(16)25-4/h8-9,11,13-14,19H,5-7,10,12H2,1-4H3/t13-,14-/m1/s1. The second kappa shape index (κ2) is 9.38. The molecule has 1 aromatic carbocycles. The third kappa shape index (κ3) is 5.33. The van der Waals surface area contributed by atoms with Crippen LogP contribution in [0.5, 0.6) is 11.5 Å². The van der Waals surface area contributed by atoms with Gasteiger partial charge in [0.2, 0.25) is 0 Å². The van der Waals surface area contributed by atoms with Crippen LogP contribution in [0, 0.1) is 5.92 Å². The van der Waals surface area contributed by atoms with E-state index < -0.39 is 22.2 Å². The lowest BCUT2D eigenvalue weighted by atomic mass is 10.0. The normalized spacial score (nSPS) is 19.3. The second-order valence-electron chi connectivity index (χ2n) is 6.40. The predicted octanol–water partition coefficient (Wildman–Crippen LogP) is 1.87. The van der Waals surface area contributed by atoms with Gasteiger partial charge in [0, 0.05) is 24.7 Å². The van der Waals surface area contributed by atoms with Crippen molar-refractivity contribution in [3.63, 3.8) is 0 Å². The minimum atomic E-state index is -3.78. The van der Waals surface area contributed by atoms with Crippen molar-refractivity contribution in [2.24, 2.45) is 5.92 Å². The van der Waals surface area contributed by atoms with Crippen molar-refractivity contribution < 1.29 is 27.4 Å². The molecule has 1 aromatic rings. The van der Waals surface area contributed by atoms with E-state index in [1.807, 2.05) is 0 Å². The lowest BCUT2D eigenvalue weighted by Crippen LogP contribution is -2.48. The minimum absolute atomic E-state index is 0.121. The largest absolute Gasteiger partial charge is 0.497 e. The van der Waals surface area contributed by atoms with Gasteiger partial charge in [0.05, 0.1) is 26.7 Å². The Morgan fingerprint density at radius 1 is 1.33 bits per heavy atom. The minimum Gasteiger partial charge on any atom is -0.497 e. The monoisotopic (exact) mass is 400 g/mol. The van der Waals surface area contributed by atoms with E-state index in [2.05, 4.69) is 4.72 Å². The van der Waals surface area contributed by atoms with Crippen molar-refractivity contribution >= 4 is 16.2 Å². The number of hydrogen-bond donors (Lipinski definition) is 1. The maximum Gasteiger partial charge on any atom is 0.310 e. The number of piperidine rings is 1. The predicted molar refractivity (Wildman–Crippen MR) is 101 cm³/mol. The molecular formula is C18H28N2O6S. The summed E-state index contributed by atoms with van der Waals surface area (Å²) in [6, 6.07) is 4.68. The van der Waals surface area contributed by atoms with E-state index in [4.69, 9.17) is 14.2 Å². The molecule has 2 rings (SSSR count). The molecule has 1 heterocycles. The van der Waals surface area contributed by atoms with Gasteiger partial charge in [-0.05, 0) is 44.9 Å². The van der Waals surface area contributed by atoms with Gasteiger partial charge in [-0.2, -0.15) is 17.4 Å². The van der Waals surface area contributed by atoms with E-state index >= 15 is 0 Å². The topological polar surface area (TPSA) is 94.2 Å². The van der Waals surface area contributed by atoms with Crippen molar-refractivity contribution in [3.8, 4) is 11.5 Å². The van der Waals surface area contributed by atoms with Crippen LogP contribution in [0.15, 0.2) is 18.2 Å². The molecule has 0 saturated carbocycles. The molecular weight excluding hydrogens is 372 g/mol. The van der Waals surface area contributed by atoms with Gasteiger partial charge < -0.3 is 14.2 Å². The second-order valence-corrected chi connectivity index (χ2v) is 8.10. The summed E-state index contributed by atoms with van der Waals surface area (Å²) in [5, 5.41) is 0. The molecule has 27 heavy (non-hydrogen) atoms. The Morgan fingerprint density at radius 3 is 2.70 bits per heavy atom. The average molecular weight is 400 g/mol. The molecule has 0 radical (unpaired) electrons. The fourth-order valence-corrected chi connectivity index (χ4v) is 4.62. The number of esters is 1. The zero-order chi connectivity index (χ0) is 20.0. The van der Waals surface area contributed by atoms with Crippen LogP contribution < -0.4 is 14.2 Å². The number of nitrogens with zero attached hydrogens (tertiary/aromatic N) is 1. The Balaban J connectivity index is 2.14. The van der Waals surface area contributed by atoms with Crippen LogP contribution >= 0.6 is 0 Å². The summed E-state index contributed by atoms with van der Waals surface area (Å²) in [4.78, 5) is 12.0. The van der Waals surface area contributed by atoms with E-state index in [1.165, 1.54) is 11.4 Å². The molecule has 1 fully saturated rings. The van der Waals surface area contributed by atoms with Gasteiger partial charge in [0.15, 0.2) is 0 Å². The van der Waals surface area contributed by atoms with E-state index in [0.717, 1.165) is 0 Å². The van der Waals surface area contributed by atoms with Gasteiger partial charge >= 0.3 is 5.97 Å². The number of benzene rings is 1. The first-order valence-electron chi connectivity index (χ1n) is 8.98. The first-order valence-corrected chi connectivity index (χ1v) is 10.4. The molecule has 0 aliphatic carbocycles. The zero-order valence-corrected chi connectivity index (χ0v) is 17.0. The molecule has 0 aromatic heterocycles. The SMILES string of the molecule is CCOC(=O)[C@@H]1CCCN(S(=O)(=O)N[C@H](C)c2cc(OC)ccc2OC)C1. The maximum atomic E-state index is 12.8. The average Bonchev–Trinajstić information content (AvgIpc) is 2.67. The van der Waals surface area contributed by atoms with Gasteiger partial charge in [-0.15, -0.1) is 0 Å². The Kier molecular flexibility index (Phi) is 7.46. The molecule has 0 spiro atoms. The van der Waals surface area contributed by atoms with Crippen LogP contribution in [-0.4, -0.2) is 52.6 Å². The Morgan fingerprint density at radius 2 is 2.07 bits per heavy atom. The molecule has 1 saturated heterocycles. The molecule has 2 atom stereocenters. The molecule has 0 bridgehead atoms. The van der Waals surface area contributed by atoms with Crippen LogP contribution in [0.1, 0.15) is 38.3 Å². The Bertz CT molecular complexity index is 752. The van der Waals surface area contributed by atoms with Crippen LogP contribution in [-0.2, 0) is 19.7 Å². The van der Waals surface area contributed by atoms with Crippen molar-refractivity contribution in [3.05, 3.63) is 23.8 Å². The van der Waals surface area contributed by atoms with E-state index in [0.29, 0.717) is 36.4 Å². The van der Waals surface area contributed by atoms with Gasteiger partial charge in [-0.3, -0.25) is 4.79 Å². The Labute approximate surface area is 161 Å². The summed E-state index contributed by atoms with van der Waals surface area (Å²) in [5.41, 5.74) is 0.666. The summed E-state index contributed by atoms with van der Waals surface area (Å²) < 4.78 is 45.3. The summed E-state index contributed by atoms with van der Waals surface area (Å²) in [6.07, 6.45) is 1.24. The first kappa shape index (κ1) is 21.5. The summed E-state index contributed by atoms with van der Waals surface area (Å²) in [7, 11) is -0.703. The molecule has 0 amide bonds. The first-order chi connectivity index (χ1) is 12.8. The summed E-state index contributed by atoms with van der Waals surface area (Å²) >= 11 is 0. The highest BCUT2D eigenvalue weighted by Crippen LogP contribution is 2.30. The lowest BCUT2D eigenvalue weighted by Gasteiger charge is -2.31. The summed E-state index contributed by atoms with van der Waals surface area (Å²) in [6.45, 7) is 4.25. The lowest BCUT2D eigenvalue weighted by molar-refractivity contribution is -0.149. The highest BCUT2D eigenvalue weighted by Gasteiger charge is 2.34. The number of methoxy groups -OCH3 is 2. The van der Waals surface area contributed by atoms with Gasteiger partial charge in [0.25, 0.3) is 10.2 Å². The van der Waals surface area contributed by atoms with Crippen LogP contribution in [0.3, 0.4) is 0 Å². The third-order valence-corrected chi connectivity index (χ3v) is 6.24. The quantitative estimate of drug-likeness (QED) is 0.670. The van der Waals surface area contributed by atoms with Crippen LogP contribution in [0.25, 0.3) is 0 Å². The Hall–Kier alpha value is -1.84. The molecule has 1 N–H and O–H groups in total. The zero-order valence-electron chi connectivity index (χ0n) is 16.2. The third-order valence-electron chi connectivity index (χ3n) is 4.57. The van der Waals surface area contributed by atoms with Gasteiger partial charge in [0.1, 0.15) is 11.5 Å². The number of carbonyl (C=O) groups excluding carboxylic acids is 1.